The van der Waals surface area contributed by atoms with E-state index in [1.165, 1.54) is 4.90 Å². The van der Waals surface area contributed by atoms with E-state index >= 15 is 0 Å². The Balaban J connectivity index is 1.61. The second-order valence-electron chi connectivity index (χ2n) is 10.2. The van der Waals surface area contributed by atoms with Gasteiger partial charge in [0.25, 0.3) is 5.91 Å². The molecule has 4 rings (SSSR count). The van der Waals surface area contributed by atoms with Crippen molar-refractivity contribution >= 4 is 17.8 Å². The molecule has 1 unspecified atom stereocenters. The molecular weight excluding hydrogens is 464 g/mol. The molecule has 1 aromatic carbocycles. The first-order valence-corrected chi connectivity index (χ1v) is 12.1. The first-order chi connectivity index (χ1) is 17.1. The summed E-state index contributed by atoms with van der Waals surface area (Å²) in [5, 5.41) is 0. The van der Waals surface area contributed by atoms with Crippen LogP contribution >= 0.6 is 0 Å². The average molecular weight is 497 g/mol. The van der Waals surface area contributed by atoms with Crippen LogP contribution in [-0.4, -0.2) is 63.9 Å². The van der Waals surface area contributed by atoms with Gasteiger partial charge in [-0.1, -0.05) is 30.3 Å². The predicted molar refractivity (Wildman–Crippen MR) is 130 cm³/mol. The Bertz CT molecular complexity index is 1220. The standard InChI is InChI=1S/C26H32N4O6/c1-26(2,3)25(34)36-21-20-24(33)28(4)13-14-30(20)22(27-23(21)32)18-11-8-12-29(18)15-19(31)35-16-17-9-6-5-7-10-17/h5-7,9-10,18H,8,11-16H2,1-4H3. The summed E-state index contributed by atoms with van der Waals surface area (Å²) in [4.78, 5) is 59.1. The first-order valence-electron chi connectivity index (χ1n) is 12.1. The molecule has 1 atom stereocenters. The van der Waals surface area contributed by atoms with E-state index in [2.05, 4.69) is 4.98 Å². The molecule has 3 heterocycles. The maximum atomic E-state index is 13.1. The molecule has 192 valence electrons. The second kappa shape index (κ2) is 10.2. The minimum absolute atomic E-state index is 0.0230. The third kappa shape index (κ3) is 5.33. The molecule has 0 bridgehead atoms. The van der Waals surface area contributed by atoms with Gasteiger partial charge in [-0.15, -0.1) is 0 Å². The Morgan fingerprint density at radius 1 is 1.08 bits per heavy atom. The summed E-state index contributed by atoms with van der Waals surface area (Å²) >= 11 is 0. The number of benzene rings is 1. The number of hydrogen-bond acceptors (Lipinski definition) is 8. The maximum absolute atomic E-state index is 13.1. The van der Waals surface area contributed by atoms with Crippen LogP contribution in [-0.2, 0) is 27.5 Å². The number of ether oxygens (including phenoxy) is 2. The van der Waals surface area contributed by atoms with Gasteiger partial charge in [0.2, 0.25) is 5.75 Å². The number of esters is 2. The van der Waals surface area contributed by atoms with Crippen molar-refractivity contribution in [2.24, 2.45) is 5.41 Å². The largest absolute Gasteiger partial charge is 0.460 e. The van der Waals surface area contributed by atoms with Crippen LogP contribution in [0.2, 0.25) is 0 Å². The van der Waals surface area contributed by atoms with Crippen molar-refractivity contribution in [3.05, 3.63) is 57.8 Å². The molecule has 1 fully saturated rings. The van der Waals surface area contributed by atoms with E-state index < -0.39 is 22.9 Å². The van der Waals surface area contributed by atoms with Gasteiger partial charge in [-0.3, -0.25) is 24.1 Å². The van der Waals surface area contributed by atoms with Crippen LogP contribution in [0.3, 0.4) is 0 Å². The van der Waals surface area contributed by atoms with Crippen molar-refractivity contribution in [3.8, 4) is 5.75 Å². The number of fused-ring (bicyclic) bond motifs is 1. The average Bonchev–Trinajstić information content (AvgIpc) is 3.29. The summed E-state index contributed by atoms with van der Waals surface area (Å²) in [7, 11) is 1.64. The van der Waals surface area contributed by atoms with Crippen LogP contribution in [0.15, 0.2) is 35.1 Å². The van der Waals surface area contributed by atoms with Gasteiger partial charge in [0, 0.05) is 20.1 Å². The minimum Gasteiger partial charge on any atom is -0.460 e. The summed E-state index contributed by atoms with van der Waals surface area (Å²) in [6.45, 7) is 6.67. The van der Waals surface area contributed by atoms with Gasteiger partial charge in [-0.25, -0.2) is 0 Å². The molecular formula is C26H32N4O6. The van der Waals surface area contributed by atoms with E-state index in [0.717, 1.165) is 12.0 Å². The highest BCUT2D eigenvalue weighted by atomic mass is 16.5. The van der Waals surface area contributed by atoms with E-state index in [9.17, 15) is 19.2 Å². The van der Waals surface area contributed by atoms with E-state index in [0.29, 0.717) is 31.9 Å². The second-order valence-corrected chi connectivity index (χ2v) is 10.2. The fraction of sp³-hybridized carbons (Fsp3) is 0.500. The lowest BCUT2D eigenvalue weighted by molar-refractivity contribution is -0.146. The minimum atomic E-state index is -0.866. The monoisotopic (exact) mass is 496 g/mol. The molecule has 0 spiro atoms. The highest BCUT2D eigenvalue weighted by Gasteiger charge is 2.38. The Hall–Kier alpha value is -3.53. The summed E-state index contributed by atoms with van der Waals surface area (Å²) in [5.74, 6) is -1.35. The molecule has 2 aliphatic rings. The predicted octanol–water partition coefficient (Wildman–Crippen LogP) is 2.16. The highest BCUT2D eigenvalue weighted by molar-refractivity contribution is 5.96. The zero-order chi connectivity index (χ0) is 26.0. The maximum Gasteiger partial charge on any atom is 0.320 e. The molecule has 10 heteroatoms. The van der Waals surface area contributed by atoms with E-state index in [-0.39, 0.29) is 36.6 Å². The molecule has 0 saturated carbocycles. The van der Waals surface area contributed by atoms with Crippen LogP contribution in [0, 0.1) is 5.41 Å². The Morgan fingerprint density at radius 2 is 1.81 bits per heavy atom. The number of rotatable bonds is 6. The van der Waals surface area contributed by atoms with Gasteiger partial charge in [0.1, 0.15) is 12.4 Å². The summed E-state index contributed by atoms with van der Waals surface area (Å²) in [6.07, 6.45) is 1.47. The molecule has 1 amide bonds. The highest BCUT2D eigenvalue weighted by Crippen LogP contribution is 2.33. The molecule has 2 aliphatic heterocycles. The fourth-order valence-electron chi connectivity index (χ4n) is 4.37. The Morgan fingerprint density at radius 3 is 2.50 bits per heavy atom. The Labute approximate surface area is 209 Å². The topological polar surface area (TPSA) is 111 Å². The quantitative estimate of drug-likeness (QED) is 0.560. The van der Waals surface area contributed by atoms with Crippen molar-refractivity contribution in [3.63, 3.8) is 0 Å². The number of aromatic nitrogens is 2. The summed E-state index contributed by atoms with van der Waals surface area (Å²) in [5.41, 5.74) is -0.714. The third-order valence-electron chi connectivity index (χ3n) is 6.42. The number of nitrogens with zero attached hydrogens (tertiary/aromatic N) is 4. The zero-order valence-electron chi connectivity index (χ0n) is 21.2. The lowest BCUT2D eigenvalue weighted by Crippen LogP contribution is -2.44. The lowest BCUT2D eigenvalue weighted by Gasteiger charge is -2.32. The van der Waals surface area contributed by atoms with Crippen LogP contribution < -0.4 is 10.3 Å². The number of likely N-dealkylation sites (tertiary alicyclic amines) is 1. The smallest absolute Gasteiger partial charge is 0.320 e. The first kappa shape index (κ1) is 25.6. The van der Waals surface area contributed by atoms with E-state index in [4.69, 9.17) is 9.47 Å². The van der Waals surface area contributed by atoms with Crippen molar-refractivity contribution in [2.45, 2.75) is 52.8 Å². The Kier molecular flexibility index (Phi) is 7.26. The van der Waals surface area contributed by atoms with Crippen molar-refractivity contribution in [2.75, 3.05) is 26.7 Å². The zero-order valence-corrected chi connectivity index (χ0v) is 21.2. The van der Waals surface area contributed by atoms with Crippen molar-refractivity contribution in [1.82, 2.24) is 19.4 Å². The molecule has 0 radical (unpaired) electrons. The number of carbonyl (C=O) groups excluding carboxylic acids is 3. The summed E-state index contributed by atoms with van der Waals surface area (Å²) in [6, 6.07) is 9.09. The van der Waals surface area contributed by atoms with E-state index in [1.54, 1.807) is 32.4 Å². The third-order valence-corrected chi connectivity index (χ3v) is 6.42. The van der Waals surface area contributed by atoms with Gasteiger partial charge in [-0.2, -0.15) is 4.98 Å². The van der Waals surface area contributed by atoms with Gasteiger partial charge in [0.05, 0.1) is 18.0 Å². The summed E-state index contributed by atoms with van der Waals surface area (Å²) < 4.78 is 12.6. The number of carbonyl (C=O) groups is 3. The van der Waals surface area contributed by atoms with Crippen molar-refractivity contribution < 1.29 is 23.9 Å². The van der Waals surface area contributed by atoms with Crippen LogP contribution in [0.5, 0.6) is 5.75 Å². The normalized spacial score (nSPS) is 18.2. The fourth-order valence-corrected chi connectivity index (χ4v) is 4.37. The van der Waals surface area contributed by atoms with Gasteiger partial charge in [0.15, 0.2) is 5.69 Å². The SMILES string of the molecule is CN1CCn2c(C3CCCN3CC(=O)OCc3ccccc3)nc(=O)c(OC(=O)C(C)(C)C)c2C1=O. The number of amides is 1. The molecule has 0 N–H and O–H groups in total. The molecule has 10 nitrogen and oxygen atoms in total. The number of likely N-dealkylation sites (N-methyl/N-ethyl adjacent to an activating group) is 1. The van der Waals surface area contributed by atoms with E-state index in [1.807, 2.05) is 35.2 Å². The van der Waals surface area contributed by atoms with Gasteiger partial charge < -0.3 is 18.9 Å². The van der Waals surface area contributed by atoms with Crippen LogP contribution in [0.25, 0.3) is 0 Å². The lowest BCUT2D eigenvalue weighted by atomic mass is 9.97. The van der Waals surface area contributed by atoms with Crippen LogP contribution in [0.4, 0.5) is 0 Å². The molecule has 2 aromatic rings. The molecule has 1 aromatic heterocycles. The van der Waals surface area contributed by atoms with Crippen molar-refractivity contribution in [1.29, 1.82) is 0 Å². The number of hydrogen-bond donors (Lipinski definition) is 0. The van der Waals surface area contributed by atoms with Gasteiger partial charge >= 0.3 is 17.5 Å². The molecule has 0 aliphatic carbocycles. The molecule has 1 saturated heterocycles. The van der Waals surface area contributed by atoms with Gasteiger partial charge in [-0.05, 0) is 45.7 Å². The van der Waals surface area contributed by atoms with Crippen LogP contribution in [0.1, 0.15) is 61.5 Å². The molecule has 36 heavy (non-hydrogen) atoms.